The van der Waals surface area contributed by atoms with Gasteiger partial charge in [-0.05, 0) is 0 Å². The molecule has 0 aromatic heterocycles. The molecular weight excluding hydrogens is 260 g/mol. The molecule has 0 saturated heterocycles. The van der Waals surface area contributed by atoms with E-state index in [1.54, 1.807) is 28.2 Å². The molecule has 0 saturated carbocycles. The normalized spacial score (nSPS) is 5.14. The minimum absolute atomic E-state index is 0. The third-order valence-corrected chi connectivity index (χ3v) is 0. The average molecular weight is 272 g/mol. The molecule has 0 aromatic carbocycles. The zero-order chi connectivity index (χ0) is 5.41. The monoisotopic (exact) mass is 272 g/mol. The van der Waals surface area contributed by atoms with Crippen LogP contribution in [-0.2, 0) is 21.1 Å². The molecule has 0 aliphatic rings. The van der Waals surface area contributed by atoms with Crippen molar-refractivity contribution >= 4 is 0 Å². The summed E-state index contributed by atoms with van der Waals surface area (Å²) in [7, 11) is 7.00. The molecule has 0 heterocycles. The molecule has 0 aliphatic carbocycles. The van der Waals surface area contributed by atoms with Crippen molar-refractivity contribution in [3.63, 3.8) is 0 Å². The Labute approximate surface area is 60.3 Å². The van der Waals surface area contributed by atoms with Gasteiger partial charge in [-0.15, -0.1) is 0 Å². The van der Waals surface area contributed by atoms with E-state index in [1.165, 1.54) is 0 Å². The third-order valence-electron chi connectivity index (χ3n) is 0. The van der Waals surface area contributed by atoms with Gasteiger partial charge in [-0.3, -0.25) is 0 Å². The maximum absolute atomic E-state index is 3.50. The summed E-state index contributed by atoms with van der Waals surface area (Å²) in [6.45, 7) is 0. The third kappa shape index (κ3) is 379. The van der Waals surface area contributed by atoms with Crippen molar-refractivity contribution in [3.8, 4) is 0 Å². The van der Waals surface area contributed by atoms with Crippen LogP contribution in [0.2, 0.25) is 0 Å². The van der Waals surface area contributed by atoms with E-state index in [9.17, 15) is 0 Å². The van der Waals surface area contributed by atoms with Gasteiger partial charge in [0.15, 0.2) is 0 Å². The summed E-state index contributed by atoms with van der Waals surface area (Å²) in [5.74, 6) is 0. The predicted octanol–water partition coefficient (Wildman–Crippen LogP) is 1.24. The van der Waals surface area contributed by atoms with E-state index in [2.05, 4.69) is 10.6 Å². The number of hydrogen-bond donors (Lipinski definition) is 0. The maximum Gasteiger partial charge on any atom is 2.00 e. The topological polar surface area (TPSA) is 28.2 Å². The van der Waals surface area contributed by atoms with Crippen LogP contribution in [-0.4, -0.2) is 28.2 Å². The van der Waals surface area contributed by atoms with Crippen LogP contribution < -0.4 is 0 Å². The van der Waals surface area contributed by atoms with Crippen molar-refractivity contribution in [3.05, 3.63) is 10.6 Å². The molecule has 0 rings (SSSR count). The van der Waals surface area contributed by atoms with Crippen molar-refractivity contribution in [1.82, 2.24) is 0 Å². The fourth-order valence-electron chi connectivity index (χ4n) is 0. The largest absolute Gasteiger partial charge is 2.00 e. The standard InChI is InChI=1S/2C2H6N.W/c2*1-3-2;/h2*1-2H3;/q2*-1;+2. The smallest absolute Gasteiger partial charge is 0.668 e. The Hall–Kier alpha value is 0.608. The summed E-state index contributed by atoms with van der Waals surface area (Å²) in [4.78, 5) is 0. The molecule has 0 atom stereocenters. The van der Waals surface area contributed by atoms with Crippen LogP contribution in [0.3, 0.4) is 0 Å². The molecule has 0 fully saturated rings. The second kappa shape index (κ2) is 30.6. The van der Waals surface area contributed by atoms with Gasteiger partial charge in [0.1, 0.15) is 0 Å². The average Bonchev–Trinajstić information content (AvgIpc) is 1.39. The van der Waals surface area contributed by atoms with Gasteiger partial charge in [-0.25, -0.2) is 0 Å². The molecule has 0 N–H and O–H groups in total. The fourth-order valence-corrected chi connectivity index (χ4v) is 0. The molecule has 0 bridgehead atoms. The van der Waals surface area contributed by atoms with Crippen molar-refractivity contribution in [1.29, 1.82) is 0 Å². The summed E-state index contributed by atoms with van der Waals surface area (Å²) in [5.41, 5.74) is 0. The van der Waals surface area contributed by atoms with Crippen molar-refractivity contribution in [2.24, 2.45) is 0 Å². The van der Waals surface area contributed by atoms with E-state index in [1.807, 2.05) is 0 Å². The number of hydrogen-bond acceptors (Lipinski definition) is 0. The summed E-state index contributed by atoms with van der Waals surface area (Å²) in [6, 6.07) is 0. The number of rotatable bonds is 0. The Kier molecular flexibility index (Phi) is 68.3. The minimum Gasteiger partial charge on any atom is -0.668 e. The van der Waals surface area contributed by atoms with Gasteiger partial charge in [0.25, 0.3) is 0 Å². The van der Waals surface area contributed by atoms with Gasteiger partial charge in [0, 0.05) is 0 Å². The Bertz CT molecular complexity index is 11.7. The van der Waals surface area contributed by atoms with E-state index in [0.29, 0.717) is 0 Å². The second-order valence-electron chi connectivity index (χ2n) is 0.894. The van der Waals surface area contributed by atoms with Crippen LogP contribution in [0.15, 0.2) is 0 Å². The molecule has 0 unspecified atom stereocenters. The first-order chi connectivity index (χ1) is 2.83. The molecule has 0 amide bonds. The van der Waals surface area contributed by atoms with Crippen LogP contribution in [0.25, 0.3) is 10.6 Å². The molecule has 0 aliphatic heterocycles. The zero-order valence-electron chi connectivity index (χ0n) is 5.30. The summed E-state index contributed by atoms with van der Waals surface area (Å²) in [5, 5.41) is 7.00. The van der Waals surface area contributed by atoms with Crippen LogP contribution in [0.4, 0.5) is 0 Å². The summed E-state index contributed by atoms with van der Waals surface area (Å²) < 4.78 is 0. The van der Waals surface area contributed by atoms with Crippen molar-refractivity contribution in [2.75, 3.05) is 28.2 Å². The van der Waals surface area contributed by atoms with E-state index in [0.717, 1.165) is 0 Å². The maximum atomic E-state index is 3.50. The van der Waals surface area contributed by atoms with Gasteiger partial charge in [-0.1, -0.05) is 0 Å². The minimum atomic E-state index is 0. The summed E-state index contributed by atoms with van der Waals surface area (Å²) >= 11 is 0. The SMILES string of the molecule is C[N-]C.C[N-]C.[W+2]. The molecular formula is C4H12N2W. The van der Waals surface area contributed by atoms with Crippen LogP contribution in [0, 0.1) is 0 Å². The molecule has 44 valence electrons. The molecule has 2 nitrogen and oxygen atoms in total. The second-order valence-corrected chi connectivity index (χ2v) is 0.894. The molecule has 7 heavy (non-hydrogen) atoms. The Balaban J connectivity index is -0.0000000400. The summed E-state index contributed by atoms with van der Waals surface area (Å²) in [6.07, 6.45) is 0. The van der Waals surface area contributed by atoms with E-state index >= 15 is 0 Å². The Morgan fingerprint density at radius 2 is 0.714 bits per heavy atom. The first kappa shape index (κ1) is 15.6. The van der Waals surface area contributed by atoms with Crippen LogP contribution in [0.5, 0.6) is 0 Å². The van der Waals surface area contributed by atoms with Crippen LogP contribution >= 0.6 is 0 Å². The predicted molar refractivity (Wildman–Crippen MR) is 30.4 cm³/mol. The fraction of sp³-hybridized carbons (Fsp3) is 1.00. The van der Waals surface area contributed by atoms with Gasteiger partial charge >= 0.3 is 21.1 Å². The van der Waals surface area contributed by atoms with Crippen molar-refractivity contribution in [2.45, 2.75) is 0 Å². The van der Waals surface area contributed by atoms with Gasteiger partial charge in [0.2, 0.25) is 0 Å². The molecule has 3 heteroatoms. The van der Waals surface area contributed by atoms with Crippen molar-refractivity contribution < 1.29 is 21.1 Å². The van der Waals surface area contributed by atoms with E-state index in [-0.39, 0.29) is 21.1 Å². The van der Waals surface area contributed by atoms with Gasteiger partial charge in [-0.2, -0.15) is 28.2 Å². The zero-order valence-corrected chi connectivity index (χ0v) is 8.24. The number of nitrogens with zero attached hydrogens (tertiary/aromatic N) is 2. The molecule has 0 radical (unpaired) electrons. The quantitative estimate of drug-likeness (QED) is 0.634. The first-order valence-corrected chi connectivity index (χ1v) is 1.79. The van der Waals surface area contributed by atoms with Crippen LogP contribution in [0.1, 0.15) is 0 Å². The molecule has 0 spiro atoms. The van der Waals surface area contributed by atoms with E-state index < -0.39 is 0 Å². The van der Waals surface area contributed by atoms with Gasteiger partial charge in [0.05, 0.1) is 0 Å². The first-order valence-electron chi connectivity index (χ1n) is 1.79. The Morgan fingerprint density at radius 1 is 0.714 bits per heavy atom. The Morgan fingerprint density at radius 3 is 0.714 bits per heavy atom. The van der Waals surface area contributed by atoms with E-state index in [4.69, 9.17) is 0 Å². The van der Waals surface area contributed by atoms with Gasteiger partial charge < -0.3 is 10.6 Å². The molecule has 0 aromatic rings.